The quantitative estimate of drug-likeness (QED) is 0.469. The monoisotopic (exact) mass is 155 g/mol. The summed E-state index contributed by atoms with van der Waals surface area (Å²) in [5, 5.41) is 6.80. The maximum absolute atomic E-state index is 4.83. The Kier molecular flexibility index (Phi) is 3.44. The van der Waals surface area contributed by atoms with E-state index in [9.17, 15) is 0 Å². The number of hydrogen-bond donors (Lipinski definition) is 1. The lowest BCUT2D eigenvalue weighted by Crippen LogP contribution is -2.29. The van der Waals surface area contributed by atoms with Gasteiger partial charge in [0.15, 0.2) is 0 Å². The van der Waals surface area contributed by atoms with Crippen LogP contribution in [0, 0.1) is 5.92 Å². The van der Waals surface area contributed by atoms with Crippen LogP contribution in [0.4, 0.5) is 0 Å². The van der Waals surface area contributed by atoms with Gasteiger partial charge in [-0.05, 0) is 6.92 Å². The van der Waals surface area contributed by atoms with Gasteiger partial charge < -0.3 is 10.2 Å². The van der Waals surface area contributed by atoms with Crippen molar-refractivity contribution in [2.45, 2.75) is 6.92 Å². The van der Waals surface area contributed by atoms with Crippen LogP contribution < -0.4 is 5.32 Å². The van der Waals surface area contributed by atoms with Gasteiger partial charge in [0.05, 0.1) is 19.1 Å². The van der Waals surface area contributed by atoms with Crippen molar-refractivity contribution >= 4 is 12.6 Å². The fraction of sp³-hybridized carbons (Fsp3) is 0.714. The second-order valence-corrected chi connectivity index (χ2v) is 2.33. The highest BCUT2D eigenvalue weighted by molar-refractivity contribution is 5.64. The van der Waals surface area contributed by atoms with Gasteiger partial charge in [-0.3, -0.25) is 4.99 Å². The minimum Gasteiger partial charge on any atom is -0.396 e. The van der Waals surface area contributed by atoms with Crippen LogP contribution in [0.15, 0.2) is 10.1 Å². The van der Waals surface area contributed by atoms with Crippen molar-refractivity contribution in [3.63, 3.8) is 0 Å². The van der Waals surface area contributed by atoms with E-state index in [1.165, 1.54) is 0 Å². The Balaban J connectivity index is 2.20. The van der Waals surface area contributed by atoms with Crippen molar-refractivity contribution in [3.8, 4) is 0 Å². The van der Waals surface area contributed by atoms with Crippen molar-refractivity contribution in [2.24, 2.45) is 16.1 Å². The lowest BCUT2D eigenvalue weighted by atomic mass is 10.1. The molecule has 1 atom stereocenters. The van der Waals surface area contributed by atoms with Crippen LogP contribution in [0.2, 0.25) is 0 Å². The highest BCUT2D eigenvalue weighted by atomic mass is 16.6. The Hall–Kier alpha value is -1.06. The van der Waals surface area contributed by atoms with Crippen LogP contribution in [0.3, 0.4) is 0 Å². The van der Waals surface area contributed by atoms with Gasteiger partial charge in [-0.25, -0.2) is 0 Å². The maximum Gasteiger partial charge on any atom is 0.114 e. The largest absolute Gasteiger partial charge is 0.396 e. The summed E-state index contributed by atoms with van der Waals surface area (Å²) in [4.78, 5) is 8.88. The van der Waals surface area contributed by atoms with Gasteiger partial charge in [0.2, 0.25) is 0 Å². The third-order valence-electron chi connectivity index (χ3n) is 1.38. The van der Waals surface area contributed by atoms with Gasteiger partial charge >= 0.3 is 0 Å². The second kappa shape index (κ2) is 4.71. The fourth-order valence-electron chi connectivity index (χ4n) is 0.825. The first kappa shape index (κ1) is 8.04. The summed E-state index contributed by atoms with van der Waals surface area (Å²) in [6.07, 6.45) is 3.53. The van der Waals surface area contributed by atoms with Crippen LogP contribution in [-0.4, -0.2) is 32.2 Å². The molecule has 1 unspecified atom stereocenters. The molecule has 62 valence electrons. The first-order chi connectivity index (χ1) is 5.43. The normalized spacial score (nSPS) is 23.5. The Morgan fingerprint density at radius 3 is 3.45 bits per heavy atom. The average Bonchev–Trinajstić information content (AvgIpc) is 2.07. The molecule has 1 N–H and O–H groups in total. The maximum atomic E-state index is 4.83. The number of rotatable bonds is 3. The van der Waals surface area contributed by atoms with E-state index in [-0.39, 0.29) is 0 Å². The van der Waals surface area contributed by atoms with Crippen molar-refractivity contribution < 1.29 is 4.84 Å². The standard InChI is InChI=1S/C7H13N3O/c1-2-11-10-5-7-3-8-6-9-4-7/h5-7H,2-4H2,1H3,(H,8,9)/b10-5+. The molecule has 4 heteroatoms. The lowest BCUT2D eigenvalue weighted by Gasteiger charge is -2.12. The Morgan fingerprint density at radius 2 is 2.82 bits per heavy atom. The summed E-state index contributed by atoms with van der Waals surface area (Å²) < 4.78 is 0. The van der Waals surface area contributed by atoms with Crippen LogP contribution in [0.5, 0.6) is 0 Å². The molecule has 1 aliphatic rings. The highest BCUT2D eigenvalue weighted by Gasteiger charge is 2.06. The van der Waals surface area contributed by atoms with E-state index in [0.29, 0.717) is 12.5 Å². The SMILES string of the molecule is CCO/N=C/C1CN=CNC1. The predicted octanol–water partition coefficient (Wildman–Crippen LogP) is 0.256. The average molecular weight is 155 g/mol. The van der Waals surface area contributed by atoms with Crippen molar-refractivity contribution in [2.75, 3.05) is 19.7 Å². The number of aliphatic imine (C=N–C) groups is 1. The zero-order valence-corrected chi connectivity index (χ0v) is 6.66. The second-order valence-electron chi connectivity index (χ2n) is 2.33. The highest BCUT2D eigenvalue weighted by Crippen LogP contribution is 1.95. The van der Waals surface area contributed by atoms with Gasteiger partial charge in [-0.1, -0.05) is 5.16 Å². The molecular weight excluding hydrogens is 142 g/mol. The van der Waals surface area contributed by atoms with Crippen molar-refractivity contribution in [1.29, 1.82) is 0 Å². The Bertz CT molecular complexity index is 156. The van der Waals surface area contributed by atoms with Gasteiger partial charge in [0, 0.05) is 12.5 Å². The van der Waals surface area contributed by atoms with E-state index in [0.717, 1.165) is 13.1 Å². The molecule has 0 fully saturated rings. The molecule has 0 saturated heterocycles. The molecule has 1 rings (SSSR count). The first-order valence-electron chi connectivity index (χ1n) is 3.80. The van der Waals surface area contributed by atoms with Gasteiger partial charge in [0.1, 0.15) is 6.61 Å². The van der Waals surface area contributed by atoms with E-state index in [2.05, 4.69) is 15.5 Å². The third kappa shape index (κ3) is 3.02. The zero-order chi connectivity index (χ0) is 7.94. The summed E-state index contributed by atoms with van der Waals surface area (Å²) in [5.41, 5.74) is 0. The number of nitrogens with zero attached hydrogens (tertiary/aromatic N) is 2. The third-order valence-corrected chi connectivity index (χ3v) is 1.38. The molecular formula is C7H13N3O. The number of nitrogens with one attached hydrogen (secondary N) is 1. The Morgan fingerprint density at radius 1 is 1.91 bits per heavy atom. The molecule has 0 bridgehead atoms. The number of oxime groups is 1. The van der Waals surface area contributed by atoms with E-state index >= 15 is 0 Å². The van der Waals surface area contributed by atoms with Gasteiger partial charge in [0.25, 0.3) is 0 Å². The van der Waals surface area contributed by atoms with Crippen molar-refractivity contribution in [1.82, 2.24) is 5.32 Å². The molecule has 0 aromatic heterocycles. The molecule has 0 spiro atoms. The molecule has 4 nitrogen and oxygen atoms in total. The molecule has 0 radical (unpaired) electrons. The van der Waals surface area contributed by atoms with E-state index in [1.54, 1.807) is 12.6 Å². The molecule has 0 amide bonds. The zero-order valence-electron chi connectivity index (χ0n) is 6.66. The first-order valence-corrected chi connectivity index (χ1v) is 3.80. The molecule has 0 saturated carbocycles. The van der Waals surface area contributed by atoms with E-state index in [4.69, 9.17) is 4.84 Å². The summed E-state index contributed by atoms with van der Waals surface area (Å²) in [7, 11) is 0. The van der Waals surface area contributed by atoms with Crippen LogP contribution in [0.25, 0.3) is 0 Å². The molecule has 1 aliphatic heterocycles. The summed E-state index contributed by atoms with van der Waals surface area (Å²) >= 11 is 0. The van der Waals surface area contributed by atoms with Gasteiger partial charge in [-0.15, -0.1) is 0 Å². The summed E-state index contributed by atoms with van der Waals surface area (Å²) in [6.45, 7) is 4.25. The minimum absolute atomic E-state index is 0.381. The van der Waals surface area contributed by atoms with Crippen LogP contribution >= 0.6 is 0 Å². The smallest absolute Gasteiger partial charge is 0.114 e. The number of hydrogen-bond acceptors (Lipinski definition) is 4. The minimum atomic E-state index is 0.381. The van der Waals surface area contributed by atoms with Crippen molar-refractivity contribution in [3.05, 3.63) is 0 Å². The molecule has 0 aromatic rings. The molecule has 11 heavy (non-hydrogen) atoms. The molecule has 0 aromatic carbocycles. The molecule has 0 aliphatic carbocycles. The Labute approximate surface area is 66.3 Å². The van der Waals surface area contributed by atoms with Crippen LogP contribution in [0.1, 0.15) is 6.92 Å². The fourth-order valence-corrected chi connectivity index (χ4v) is 0.825. The molecule has 1 heterocycles. The van der Waals surface area contributed by atoms with Gasteiger partial charge in [-0.2, -0.15) is 0 Å². The lowest BCUT2D eigenvalue weighted by molar-refractivity contribution is 0.159. The topological polar surface area (TPSA) is 46.0 Å². The summed E-state index contributed by atoms with van der Waals surface area (Å²) in [5.74, 6) is 0.381. The van der Waals surface area contributed by atoms with Crippen LogP contribution in [-0.2, 0) is 4.84 Å². The van der Waals surface area contributed by atoms with E-state index < -0.39 is 0 Å². The van der Waals surface area contributed by atoms with E-state index in [1.807, 2.05) is 6.92 Å². The summed E-state index contributed by atoms with van der Waals surface area (Å²) in [6, 6.07) is 0. The predicted molar refractivity (Wildman–Crippen MR) is 45.0 cm³/mol.